The quantitative estimate of drug-likeness (QED) is 0.791. The second-order valence-corrected chi connectivity index (χ2v) is 6.42. The van der Waals surface area contributed by atoms with E-state index in [2.05, 4.69) is 12.2 Å². The van der Waals surface area contributed by atoms with E-state index in [1.807, 2.05) is 0 Å². The van der Waals surface area contributed by atoms with E-state index in [1.165, 1.54) is 26.4 Å². The van der Waals surface area contributed by atoms with Crippen LogP contribution in [0, 0.1) is 11.8 Å². The predicted molar refractivity (Wildman–Crippen MR) is 91.4 cm³/mol. The van der Waals surface area contributed by atoms with E-state index < -0.39 is 5.97 Å². The van der Waals surface area contributed by atoms with Crippen LogP contribution in [0.25, 0.3) is 0 Å². The van der Waals surface area contributed by atoms with Crippen molar-refractivity contribution in [2.75, 3.05) is 12.4 Å². The molecule has 1 aliphatic rings. The monoisotopic (exact) mass is 317 g/mol. The lowest BCUT2D eigenvalue weighted by Crippen LogP contribution is -2.27. The molecule has 1 amide bonds. The summed E-state index contributed by atoms with van der Waals surface area (Å²) in [5.74, 6) is 0.565. The molecule has 0 spiro atoms. The maximum Gasteiger partial charge on any atom is 0.337 e. The highest BCUT2D eigenvalue weighted by molar-refractivity contribution is 5.95. The number of hydrogen-bond acceptors (Lipinski definition) is 3. The molecular weight excluding hydrogens is 290 g/mol. The molecule has 0 heterocycles. The lowest BCUT2D eigenvalue weighted by atomic mass is 9.79. The standard InChI is InChI=1S/C19H27NO3/c1-3-4-6-14-9-11-15(12-10-14)18(21)20-17-8-5-7-16(13-17)19(22)23-2/h5,7-8,13-15H,3-4,6,9-12H2,1-2H3,(H,20,21). The van der Waals surface area contributed by atoms with Crippen LogP contribution in [0.1, 0.15) is 62.2 Å². The van der Waals surface area contributed by atoms with Gasteiger partial charge in [-0.05, 0) is 49.8 Å². The van der Waals surface area contributed by atoms with Gasteiger partial charge in [0.2, 0.25) is 5.91 Å². The second-order valence-electron chi connectivity index (χ2n) is 6.42. The van der Waals surface area contributed by atoms with Crippen LogP contribution in [0.5, 0.6) is 0 Å². The van der Waals surface area contributed by atoms with Crippen molar-refractivity contribution in [1.82, 2.24) is 0 Å². The molecule has 23 heavy (non-hydrogen) atoms. The van der Waals surface area contributed by atoms with Crippen molar-refractivity contribution in [2.45, 2.75) is 51.9 Å². The van der Waals surface area contributed by atoms with E-state index in [9.17, 15) is 9.59 Å². The van der Waals surface area contributed by atoms with Crippen LogP contribution in [0.3, 0.4) is 0 Å². The number of esters is 1. The van der Waals surface area contributed by atoms with E-state index in [0.717, 1.165) is 31.6 Å². The van der Waals surface area contributed by atoms with Crippen LogP contribution in [0.2, 0.25) is 0 Å². The zero-order valence-corrected chi connectivity index (χ0v) is 14.1. The van der Waals surface area contributed by atoms with Crippen molar-refractivity contribution in [2.24, 2.45) is 11.8 Å². The van der Waals surface area contributed by atoms with Crippen LogP contribution in [0.15, 0.2) is 24.3 Å². The first kappa shape index (κ1) is 17.5. The number of methoxy groups -OCH3 is 1. The summed E-state index contributed by atoms with van der Waals surface area (Å²) in [6, 6.07) is 6.90. The number of unbranched alkanes of at least 4 members (excludes halogenated alkanes) is 1. The molecule has 1 aromatic carbocycles. The first-order valence-electron chi connectivity index (χ1n) is 8.63. The van der Waals surface area contributed by atoms with Crippen LogP contribution in [-0.2, 0) is 9.53 Å². The molecule has 126 valence electrons. The molecule has 1 saturated carbocycles. The molecule has 1 aromatic rings. The Bertz CT molecular complexity index is 533. The second kappa shape index (κ2) is 8.70. The first-order valence-corrected chi connectivity index (χ1v) is 8.63. The van der Waals surface area contributed by atoms with Gasteiger partial charge < -0.3 is 10.1 Å². The summed E-state index contributed by atoms with van der Waals surface area (Å²) >= 11 is 0. The molecule has 1 fully saturated rings. The van der Waals surface area contributed by atoms with Gasteiger partial charge in [-0.3, -0.25) is 4.79 Å². The average Bonchev–Trinajstić information content (AvgIpc) is 2.59. The fourth-order valence-electron chi connectivity index (χ4n) is 3.29. The third-order valence-electron chi connectivity index (χ3n) is 4.73. The van der Waals surface area contributed by atoms with Gasteiger partial charge in [-0.25, -0.2) is 4.79 Å². The third-order valence-corrected chi connectivity index (χ3v) is 4.73. The number of nitrogens with one attached hydrogen (secondary N) is 1. The fourth-order valence-corrected chi connectivity index (χ4v) is 3.29. The Hall–Kier alpha value is -1.84. The normalized spacial score (nSPS) is 20.8. The van der Waals surface area contributed by atoms with E-state index in [-0.39, 0.29) is 11.8 Å². The number of hydrogen-bond donors (Lipinski definition) is 1. The Morgan fingerprint density at radius 3 is 2.61 bits per heavy atom. The molecule has 0 unspecified atom stereocenters. The molecule has 0 radical (unpaired) electrons. The van der Waals surface area contributed by atoms with Gasteiger partial charge in [0.15, 0.2) is 0 Å². The lowest BCUT2D eigenvalue weighted by Gasteiger charge is -2.27. The summed E-state index contributed by atoms with van der Waals surface area (Å²) in [6.07, 6.45) is 8.08. The lowest BCUT2D eigenvalue weighted by molar-refractivity contribution is -0.121. The van der Waals surface area contributed by atoms with Crippen LogP contribution < -0.4 is 5.32 Å². The van der Waals surface area contributed by atoms with E-state index in [1.54, 1.807) is 24.3 Å². The maximum absolute atomic E-state index is 12.4. The van der Waals surface area contributed by atoms with Gasteiger partial charge in [0.25, 0.3) is 0 Å². The number of carbonyl (C=O) groups excluding carboxylic acids is 2. The minimum absolute atomic E-state index is 0.0703. The number of anilines is 1. The van der Waals surface area contributed by atoms with E-state index in [0.29, 0.717) is 11.3 Å². The number of ether oxygens (including phenoxy) is 1. The molecule has 1 aliphatic carbocycles. The topological polar surface area (TPSA) is 55.4 Å². The number of benzene rings is 1. The van der Waals surface area contributed by atoms with Crippen molar-refractivity contribution in [3.05, 3.63) is 29.8 Å². The summed E-state index contributed by atoms with van der Waals surface area (Å²) in [5.41, 5.74) is 1.11. The van der Waals surface area contributed by atoms with Gasteiger partial charge in [-0.15, -0.1) is 0 Å². The number of amides is 1. The predicted octanol–water partition coefficient (Wildman–Crippen LogP) is 4.41. The fraction of sp³-hybridized carbons (Fsp3) is 0.579. The van der Waals surface area contributed by atoms with Crippen molar-refractivity contribution in [3.63, 3.8) is 0 Å². The highest BCUT2D eigenvalue weighted by Crippen LogP contribution is 2.32. The molecule has 0 saturated heterocycles. The van der Waals surface area contributed by atoms with Crippen molar-refractivity contribution >= 4 is 17.6 Å². The highest BCUT2D eigenvalue weighted by atomic mass is 16.5. The summed E-state index contributed by atoms with van der Waals surface area (Å²) in [4.78, 5) is 24.0. The maximum atomic E-state index is 12.4. The Labute approximate surface area is 138 Å². The van der Waals surface area contributed by atoms with Gasteiger partial charge in [0, 0.05) is 11.6 Å². The molecule has 0 atom stereocenters. The minimum atomic E-state index is -0.391. The molecule has 2 rings (SSSR count). The molecule has 4 heteroatoms. The van der Waals surface area contributed by atoms with Gasteiger partial charge in [0.05, 0.1) is 12.7 Å². The Balaban J connectivity index is 1.87. The van der Waals surface area contributed by atoms with Gasteiger partial charge >= 0.3 is 5.97 Å². The first-order chi connectivity index (χ1) is 11.1. The molecule has 0 aliphatic heterocycles. The zero-order chi connectivity index (χ0) is 16.7. The minimum Gasteiger partial charge on any atom is -0.465 e. The summed E-state index contributed by atoms with van der Waals surface area (Å²) in [7, 11) is 1.35. The van der Waals surface area contributed by atoms with E-state index in [4.69, 9.17) is 4.74 Å². The van der Waals surface area contributed by atoms with Crippen LogP contribution >= 0.6 is 0 Å². The molecule has 0 aromatic heterocycles. The molecule has 0 bridgehead atoms. The molecule has 1 N–H and O–H groups in total. The van der Waals surface area contributed by atoms with Gasteiger partial charge in [0.1, 0.15) is 0 Å². The molecular formula is C19H27NO3. The van der Waals surface area contributed by atoms with Crippen molar-refractivity contribution in [3.8, 4) is 0 Å². The summed E-state index contributed by atoms with van der Waals surface area (Å²) in [5, 5.41) is 2.94. The summed E-state index contributed by atoms with van der Waals surface area (Å²) in [6.45, 7) is 2.22. The average molecular weight is 317 g/mol. The SMILES string of the molecule is CCCCC1CCC(C(=O)Nc2cccc(C(=O)OC)c2)CC1. The van der Waals surface area contributed by atoms with E-state index >= 15 is 0 Å². The Kier molecular flexibility index (Phi) is 6.63. The largest absolute Gasteiger partial charge is 0.465 e. The Morgan fingerprint density at radius 2 is 1.96 bits per heavy atom. The molecule has 4 nitrogen and oxygen atoms in total. The van der Waals surface area contributed by atoms with Gasteiger partial charge in [-0.2, -0.15) is 0 Å². The Morgan fingerprint density at radius 1 is 1.22 bits per heavy atom. The summed E-state index contributed by atoms with van der Waals surface area (Å²) < 4.78 is 4.70. The van der Waals surface area contributed by atoms with Crippen molar-refractivity contribution in [1.29, 1.82) is 0 Å². The number of rotatable bonds is 6. The smallest absolute Gasteiger partial charge is 0.337 e. The van der Waals surface area contributed by atoms with Crippen LogP contribution in [-0.4, -0.2) is 19.0 Å². The van der Waals surface area contributed by atoms with Crippen LogP contribution in [0.4, 0.5) is 5.69 Å². The zero-order valence-electron chi connectivity index (χ0n) is 14.1. The van der Waals surface area contributed by atoms with Crippen molar-refractivity contribution < 1.29 is 14.3 Å². The third kappa shape index (κ3) is 5.08. The number of carbonyl (C=O) groups is 2. The highest BCUT2D eigenvalue weighted by Gasteiger charge is 2.26. The van der Waals surface area contributed by atoms with Gasteiger partial charge in [-0.1, -0.05) is 32.3 Å².